The smallest absolute Gasteiger partial charge is 0.270 e. The van der Waals surface area contributed by atoms with Gasteiger partial charge in [0.25, 0.3) is 5.91 Å². The van der Waals surface area contributed by atoms with Crippen molar-refractivity contribution in [3.05, 3.63) is 117 Å². The summed E-state index contributed by atoms with van der Waals surface area (Å²) in [5, 5.41) is 5.81. The summed E-state index contributed by atoms with van der Waals surface area (Å²) in [6.07, 6.45) is 1.98. The van der Waals surface area contributed by atoms with Crippen LogP contribution in [0.25, 0.3) is 0 Å². The van der Waals surface area contributed by atoms with E-state index in [1.54, 1.807) is 0 Å². The maximum atomic E-state index is 13.6. The van der Waals surface area contributed by atoms with Crippen molar-refractivity contribution < 1.29 is 13.9 Å². The average Bonchev–Trinajstić information content (AvgIpc) is 3.49. The largest absolute Gasteiger partial charge is 0.489 e. The summed E-state index contributed by atoms with van der Waals surface area (Å²) in [6.45, 7) is 11.9. The second-order valence-electron chi connectivity index (χ2n) is 10.9. The van der Waals surface area contributed by atoms with E-state index in [0.717, 1.165) is 59.9 Å². The van der Waals surface area contributed by atoms with Crippen LogP contribution in [-0.4, -0.2) is 46.4 Å². The fourth-order valence-electron chi connectivity index (χ4n) is 4.92. The van der Waals surface area contributed by atoms with Crippen molar-refractivity contribution >= 4 is 17.2 Å². The average molecular weight is 603 g/mol. The van der Waals surface area contributed by atoms with E-state index in [4.69, 9.17) is 4.74 Å². The summed E-state index contributed by atoms with van der Waals surface area (Å²) in [5.74, 6) is 0.434. The van der Waals surface area contributed by atoms with Crippen LogP contribution in [0.3, 0.4) is 0 Å². The summed E-state index contributed by atoms with van der Waals surface area (Å²) in [6, 6.07) is 24.9. The topological polar surface area (TPSA) is 57.7 Å². The Morgan fingerprint density at radius 3 is 2.19 bits per heavy atom. The molecule has 0 aliphatic carbocycles. The zero-order chi connectivity index (χ0) is 30.4. The van der Waals surface area contributed by atoms with Gasteiger partial charge in [-0.05, 0) is 80.4 Å². The molecule has 6 nitrogen and oxygen atoms in total. The lowest BCUT2D eigenvalue weighted by molar-refractivity contribution is 0.0932. The molecule has 1 amide bonds. The Morgan fingerprint density at radius 2 is 1.53 bits per heavy atom. The Kier molecular flexibility index (Phi) is 12.7. The van der Waals surface area contributed by atoms with Crippen molar-refractivity contribution in [3.63, 3.8) is 0 Å². The number of ether oxygens (including phenoxy) is 1. The maximum Gasteiger partial charge on any atom is 0.270 e. The second-order valence-corrected chi connectivity index (χ2v) is 11.8. The molecule has 0 spiro atoms. The molecule has 3 aromatic carbocycles. The van der Waals surface area contributed by atoms with Gasteiger partial charge in [0.15, 0.2) is 0 Å². The van der Waals surface area contributed by atoms with Crippen molar-refractivity contribution in [2.75, 3.05) is 19.6 Å². The molecule has 228 valence electrons. The summed E-state index contributed by atoms with van der Waals surface area (Å²) in [5.41, 5.74) is 3.72. The van der Waals surface area contributed by atoms with Gasteiger partial charge in [-0.15, -0.1) is 11.3 Å². The van der Waals surface area contributed by atoms with Gasteiger partial charge in [0, 0.05) is 24.5 Å². The van der Waals surface area contributed by atoms with Crippen LogP contribution < -0.4 is 10.1 Å². The number of halogens is 1. The predicted octanol–water partition coefficient (Wildman–Crippen LogP) is 7.30. The molecule has 0 aliphatic rings. The Hall–Kier alpha value is -3.59. The van der Waals surface area contributed by atoms with E-state index in [-0.39, 0.29) is 17.8 Å². The fraction of sp³-hybridized carbons (Fsp3) is 0.371. The zero-order valence-electron chi connectivity index (χ0n) is 25.5. The Bertz CT molecular complexity index is 1380. The molecule has 43 heavy (non-hydrogen) atoms. The Balaban J connectivity index is 1.35. The molecule has 0 aliphatic heterocycles. The lowest BCUT2D eigenvalue weighted by atomic mass is 10.1. The van der Waals surface area contributed by atoms with Crippen LogP contribution in [0.4, 0.5) is 4.39 Å². The monoisotopic (exact) mass is 602 g/mol. The molecular weight excluding hydrogens is 559 g/mol. The van der Waals surface area contributed by atoms with Gasteiger partial charge in [0.05, 0.1) is 6.54 Å². The fourth-order valence-corrected chi connectivity index (χ4v) is 5.73. The van der Waals surface area contributed by atoms with Crippen molar-refractivity contribution in [1.82, 2.24) is 20.1 Å². The third-order valence-electron chi connectivity index (χ3n) is 7.42. The molecule has 1 unspecified atom stereocenters. The summed E-state index contributed by atoms with van der Waals surface area (Å²) < 4.78 is 19.5. The second kappa shape index (κ2) is 16.9. The lowest BCUT2D eigenvalue weighted by Crippen LogP contribution is -2.34. The van der Waals surface area contributed by atoms with E-state index in [1.807, 2.05) is 60.0 Å². The molecule has 0 bridgehead atoms. The highest BCUT2D eigenvalue weighted by Gasteiger charge is 2.16. The van der Waals surface area contributed by atoms with Gasteiger partial charge >= 0.3 is 0 Å². The molecular formula is C35H43FN4O2S. The van der Waals surface area contributed by atoms with Crippen molar-refractivity contribution in [3.8, 4) is 5.75 Å². The third-order valence-corrected chi connectivity index (χ3v) is 8.26. The maximum absolute atomic E-state index is 13.6. The van der Waals surface area contributed by atoms with E-state index in [9.17, 15) is 9.18 Å². The first-order valence-corrected chi connectivity index (χ1v) is 16.0. The minimum Gasteiger partial charge on any atom is -0.489 e. The molecule has 4 rings (SSSR count). The van der Waals surface area contributed by atoms with Crippen LogP contribution in [0.15, 0.2) is 84.2 Å². The number of aromatic nitrogens is 1. The Morgan fingerprint density at radius 1 is 0.884 bits per heavy atom. The summed E-state index contributed by atoms with van der Waals surface area (Å²) in [4.78, 5) is 22.2. The molecule has 1 atom stereocenters. The molecule has 0 radical (unpaired) electrons. The predicted molar refractivity (Wildman–Crippen MR) is 173 cm³/mol. The van der Waals surface area contributed by atoms with Gasteiger partial charge < -0.3 is 15.0 Å². The summed E-state index contributed by atoms with van der Waals surface area (Å²) in [7, 11) is 0. The van der Waals surface area contributed by atoms with Gasteiger partial charge in [0.1, 0.15) is 28.9 Å². The van der Waals surface area contributed by atoms with Gasteiger partial charge in [-0.25, -0.2) is 9.37 Å². The first kappa shape index (κ1) is 32.3. The highest BCUT2D eigenvalue weighted by molar-refractivity contribution is 7.09. The van der Waals surface area contributed by atoms with Crippen LogP contribution in [0.2, 0.25) is 0 Å². The number of nitrogens with one attached hydrogen (secondary N) is 1. The van der Waals surface area contributed by atoms with Crippen LogP contribution in [-0.2, 0) is 26.2 Å². The normalized spacial score (nSPS) is 12.0. The third kappa shape index (κ3) is 10.9. The van der Waals surface area contributed by atoms with Gasteiger partial charge in [-0.2, -0.15) is 0 Å². The summed E-state index contributed by atoms with van der Waals surface area (Å²) >= 11 is 1.49. The van der Waals surface area contributed by atoms with E-state index >= 15 is 0 Å². The molecule has 0 fully saturated rings. The van der Waals surface area contributed by atoms with Crippen molar-refractivity contribution in [2.45, 2.75) is 65.9 Å². The molecule has 0 saturated carbocycles. The van der Waals surface area contributed by atoms with E-state index in [0.29, 0.717) is 31.9 Å². The Labute approximate surface area is 259 Å². The molecule has 1 heterocycles. The highest BCUT2D eigenvalue weighted by atomic mass is 32.1. The zero-order valence-corrected chi connectivity index (χ0v) is 26.3. The van der Waals surface area contributed by atoms with Crippen LogP contribution in [0, 0.1) is 5.82 Å². The number of carbonyl (C=O) groups is 1. The quantitative estimate of drug-likeness (QED) is 0.137. The number of nitrogens with zero attached hydrogens (tertiary/aromatic N) is 3. The van der Waals surface area contributed by atoms with Gasteiger partial charge in [-0.1, -0.05) is 68.4 Å². The molecule has 8 heteroatoms. The van der Waals surface area contributed by atoms with E-state index in [1.165, 1.54) is 23.5 Å². The number of carbonyl (C=O) groups excluding carboxylic acids is 1. The number of rotatable bonds is 17. The minimum atomic E-state index is -0.251. The van der Waals surface area contributed by atoms with Crippen molar-refractivity contribution in [2.24, 2.45) is 0 Å². The van der Waals surface area contributed by atoms with Crippen LogP contribution in [0.1, 0.15) is 65.8 Å². The highest BCUT2D eigenvalue weighted by Crippen LogP contribution is 2.20. The molecule has 1 aromatic heterocycles. The number of amides is 1. The van der Waals surface area contributed by atoms with Crippen LogP contribution in [0.5, 0.6) is 5.75 Å². The molecule has 0 saturated heterocycles. The van der Waals surface area contributed by atoms with Gasteiger partial charge in [0.2, 0.25) is 0 Å². The molecule has 1 N–H and O–H groups in total. The first-order valence-electron chi connectivity index (χ1n) is 15.1. The minimum absolute atomic E-state index is 0.0860. The number of hydrogen-bond acceptors (Lipinski definition) is 6. The number of thiazole rings is 1. The van der Waals surface area contributed by atoms with Crippen molar-refractivity contribution in [1.29, 1.82) is 0 Å². The van der Waals surface area contributed by atoms with E-state index in [2.05, 4.69) is 53.0 Å². The molecule has 4 aromatic rings. The number of hydrogen-bond donors (Lipinski definition) is 1. The SMILES string of the molecule is CCN(CC)CCCC(C)NC(=O)c1csc(CN(Cc2ccc(F)cc2)Cc2ccc(OCc3ccccc3)cc2)n1. The number of benzene rings is 3. The van der Waals surface area contributed by atoms with Crippen LogP contribution >= 0.6 is 11.3 Å². The lowest BCUT2D eigenvalue weighted by Gasteiger charge is -2.22. The standard InChI is InChI=1S/C35H43FN4O2S/c1-4-39(5-2)21-9-10-27(3)37-35(41)33-26-43-34(38-33)24-40(22-28-13-17-31(36)18-14-28)23-29-15-19-32(20-16-29)42-25-30-11-7-6-8-12-30/h6-8,11-20,26-27H,4-5,9-10,21-25H2,1-3H3,(H,37,41). The first-order chi connectivity index (χ1) is 20.9. The van der Waals surface area contributed by atoms with Gasteiger partial charge in [-0.3, -0.25) is 9.69 Å². The van der Waals surface area contributed by atoms with E-state index < -0.39 is 0 Å².